The molecule has 158 valence electrons. The van der Waals surface area contributed by atoms with Crippen molar-refractivity contribution < 1.29 is 19.0 Å². The Kier molecular flexibility index (Phi) is 7.74. The van der Waals surface area contributed by atoms with Crippen LogP contribution in [0, 0.1) is 17.1 Å². The zero-order chi connectivity index (χ0) is 21.3. The van der Waals surface area contributed by atoms with Crippen molar-refractivity contribution in [3.05, 3.63) is 59.9 Å². The number of hydrogen-bond donors (Lipinski definition) is 2. The Morgan fingerprint density at radius 2 is 1.73 bits per heavy atom. The van der Waals surface area contributed by atoms with Gasteiger partial charge in [-0.3, -0.25) is 14.6 Å². The van der Waals surface area contributed by atoms with Gasteiger partial charge in [-0.1, -0.05) is 0 Å². The molecule has 1 saturated heterocycles. The SMILES string of the molecule is N#Cc1ccc(OCC(O)CN2CCN(CC(=O)Nc3ccc(F)cc3)CC2)cc1. The summed E-state index contributed by atoms with van der Waals surface area (Å²) >= 11 is 0. The molecule has 0 aliphatic carbocycles. The number of aliphatic hydroxyl groups excluding tert-OH is 1. The molecular weight excluding hydrogens is 387 g/mol. The maximum Gasteiger partial charge on any atom is 0.238 e. The molecule has 3 rings (SSSR count). The van der Waals surface area contributed by atoms with Gasteiger partial charge < -0.3 is 15.2 Å². The number of piperazine rings is 1. The van der Waals surface area contributed by atoms with Gasteiger partial charge in [-0.05, 0) is 48.5 Å². The number of nitrogens with one attached hydrogen (secondary N) is 1. The van der Waals surface area contributed by atoms with Gasteiger partial charge in [-0.2, -0.15) is 5.26 Å². The Balaban J connectivity index is 1.33. The lowest BCUT2D eigenvalue weighted by Gasteiger charge is -2.35. The first-order chi connectivity index (χ1) is 14.5. The molecule has 1 atom stereocenters. The van der Waals surface area contributed by atoms with E-state index in [0.717, 1.165) is 26.2 Å². The van der Waals surface area contributed by atoms with Crippen LogP contribution in [-0.4, -0.2) is 72.8 Å². The van der Waals surface area contributed by atoms with Crippen LogP contribution in [0.2, 0.25) is 0 Å². The molecular formula is C22H25FN4O3. The van der Waals surface area contributed by atoms with E-state index in [-0.39, 0.29) is 24.9 Å². The van der Waals surface area contributed by atoms with E-state index in [1.54, 1.807) is 24.3 Å². The van der Waals surface area contributed by atoms with Gasteiger partial charge in [-0.15, -0.1) is 0 Å². The van der Waals surface area contributed by atoms with E-state index in [1.807, 2.05) is 6.07 Å². The third-order valence-electron chi connectivity index (χ3n) is 4.85. The molecule has 8 heteroatoms. The predicted octanol–water partition coefficient (Wildman–Crippen LogP) is 1.69. The number of ether oxygens (including phenoxy) is 1. The first kappa shape index (κ1) is 21.7. The Morgan fingerprint density at radius 1 is 1.10 bits per heavy atom. The van der Waals surface area contributed by atoms with E-state index in [4.69, 9.17) is 10.00 Å². The molecule has 0 spiro atoms. The van der Waals surface area contributed by atoms with Crippen LogP contribution in [0.15, 0.2) is 48.5 Å². The highest BCUT2D eigenvalue weighted by Crippen LogP contribution is 2.12. The van der Waals surface area contributed by atoms with Crippen LogP contribution < -0.4 is 10.1 Å². The fraction of sp³-hybridized carbons (Fsp3) is 0.364. The van der Waals surface area contributed by atoms with E-state index in [9.17, 15) is 14.3 Å². The zero-order valence-corrected chi connectivity index (χ0v) is 16.6. The standard InChI is InChI=1S/C22H25FN4O3/c23-18-3-5-19(6-4-18)25-22(29)15-27-11-9-26(10-12-27)14-20(28)16-30-21-7-1-17(13-24)2-8-21/h1-8,20,28H,9-12,14-16H2,(H,25,29). The smallest absolute Gasteiger partial charge is 0.238 e. The van der Waals surface area contributed by atoms with Crippen LogP contribution in [0.4, 0.5) is 10.1 Å². The van der Waals surface area contributed by atoms with E-state index >= 15 is 0 Å². The molecule has 0 bridgehead atoms. The van der Waals surface area contributed by atoms with Crippen LogP contribution in [-0.2, 0) is 4.79 Å². The number of hydrogen-bond acceptors (Lipinski definition) is 6. The predicted molar refractivity (Wildman–Crippen MR) is 111 cm³/mol. The molecule has 1 aliphatic heterocycles. The summed E-state index contributed by atoms with van der Waals surface area (Å²) in [4.78, 5) is 16.3. The summed E-state index contributed by atoms with van der Waals surface area (Å²) < 4.78 is 18.5. The van der Waals surface area contributed by atoms with Crippen LogP contribution >= 0.6 is 0 Å². The summed E-state index contributed by atoms with van der Waals surface area (Å²) in [5.41, 5.74) is 1.14. The Bertz CT molecular complexity index is 859. The number of rotatable bonds is 8. The molecule has 30 heavy (non-hydrogen) atoms. The van der Waals surface area contributed by atoms with E-state index in [2.05, 4.69) is 15.1 Å². The van der Waals surface area contributed by atoms with Crippen molar-refractivity contribution >= 4 is 11.6 Å². The number of anilines is 1. The molecule has 1 amide bonds. The third-order valence-corrected chi connectivity index (χ3v) is 4.85. The number of nitrogens with zero attached hydrogens (tertiary/aromatic N) is 3. The number of benzene rings is 2. The van der Waals surface area contributed by atoms with Gasteiger partial charge in [0.15, 0.2) is 0 Å². The number of carbonyl (C=O) groups excluding carboxylic acids is 1. The van der Waals surface area contributed by atoms with Crippen molar-refractivity contribution in [1.82, 2.24) is 9.80 Å². The van der Waals surface area contributed by atoms with Crippen LogP contribution in [0.3, 0.4) is 0 Å². The molecule has 0 saturated carbocycles. The minimum Gasteiger partial charge on any atom is -0.491 e. The highest BCUT2D eigenvalue weighted by atomic mass is 19.1. The lowest BCUT2D eigenvalue weighted by Crippen LogP contribution is -2.50. The molecule has 1 aliphatic rings. The third kappa shape index (κ3) is 6.81. The van der Waals surface area contributed by atoms with Gasteiger partial charge in [0.25, 0.3) is 0 Å². The van der Waals surface area contributed by atoms with E-state index in [1.165, 1.54) is 24.3 Å². The lowest BCUT2D eigenvalue weighted by molar-refractivity contribution is -0.117. The topological polar surface area (TPSA) is 88.8 Å². The van der Waals surface area contributed by atoms with E-state index < -0.39 is 6.10 Å². The highest BCUT2D eigenvalue weighted by molar-refractivity contribution is 5.92. The number of amides is 1. The van der Waals surface area contributed by atoms with Crippen molar-refractivity contribution in [2.24, 2.45) is 0 Å². The van der Waals surface area contributed by atoms with Gasteiger partial charge >= 0.3 is 0 Å². The highest BCUT2D eigenvalue weighted by Gasteiger charge is 2.21. The second kappa shape index (κ2) is 10.7. The molecule has 7 nitrogen and oxygen atoms in total. The molecule has 2 aromatic rings. The summed E-state index contributed by atoms with van der Waals surface area (Å²) in [6, 6.07) is 14.5. The van der Waals surface area contributed by atoms with Crippen LogP contribution in [0.25, 0.3) is 0 Å². The summed E-state index contributed by atoms with van der Waals surface area (Å²) in [6.45, 7) is 3.88. The zero-order valence-electron chi connectivity index (χ0n) is 16.6. The number of carbonyl (C=O) groups is 1. The number of halogens is 1. The lowest BCUT2D eigenvalue weighted by atomic mass is 10.2. The Morgan fingerprint density at radius 3 is 2.37 bits per heavy atom. The Hall–Kier alpha value is -2.99. The Labute approximate surface area is 175 Å². The second-order valence-electron chi connectivity index (χ2n) is 7.23. The van der Waals surface area contributed by atoms with Gasteiger partial charge in [0, 0.05) is 38.4 Å². The van der Waals surface area contributed by atoms with Gasteiger partial charge in [-0.25, -0.2) is 4.39 Å². The molecule has 2 N–H and O–H groups in total. The van der Waals surface area contributed by atoms with Crippen molar-refractivity contribution in [3.63, 3.8) is 0 Å². The molecule has 1 unspecified atom stereocenters. The van der Waals surface area contributed by atoms with E-state index in [0.29, 0.717) is 23.5 Å². The molecule has 1 heterocycles. The van der Waals surface area contributed by atoms with Crippen molar-refractivity contribution in [3.8, 4) is 11.8 Å². The fourth-order valence-corrected chi connectivity index (χ4v) is 3.24. The maximum atomic E-state index is 12.9. The first-order valence-corrected chi connectivity index (χ1v) is 9.83. The minimum atomic E-state index is -0.631. The molecule has 0 radical (unpaired) electrons. The van der Waals surface area contributed by atoms with Crippen molar-refractivity contribution in [2.45, 2.75) is 6.10 Å². The average molecular weight is 412 g/mol. The number of β-amino-alcohol motifs (C(OH)–C–C–N with tert-alkyl or cyclic N) is 1. The quantitative estimate of drug-likeness (QED) is 0.686. The minimum absolute atomic E-state index is 0.133. The van der Waals surface area contributed by atoms with Gasteiger partial charge in [0.2, 0.25) is 5.91 Å². The number of aliphatic hydroxyl groups is 1. The second-order valence-corrected chi connectivity index (χ2v) is 7.23. The fourth-order valence-electron chi connectivity index (χ4n) is 3.24. The molecule has 2 aromatic carbocycles. The van der Waals surface area contributed by atoms with Crippen LogP contribution in [0.5, 0.6) is 5.75 Å². The monoisotopic (exact) mass is 412 g/mol. The molecule has 0 aromatic heterocycles. The molecule has 1 fully saturated rings. The normalized spacial score (nSPS) is 15.9. The maximum absolute atomic E-state index is 12.9. The first-order valence-electron chi connectivity index (χ1n) is 9.83. The van der Waals surface area contributed by atoms with Crippen molar-refractivity contribution in [2.75, 3.05) is 51.2 Å². The summed E-state index contributed by atoms with van der Waals surface area (Å²) in [7, 11) is 0. The van der Waals surface area contributed by atoms with Crippen molar-refractivity contribution in [1.29, 1.82) is 5.26 Å². The summed E-state index contributed by atoms with van der Waals surface area (Å²) in [6.07, 6.45) is -0.631. The number of nitriles is 1. The van der Waals surface area contributed by atoms with Gasteiger partial charge in [0.1, 0.15) is 24.3 Å². The summed E-state index contributed by atoms with van der Waals surface area (Å²) in [5, 5.41) is 21.8. The van der Waals surface area contributed by atoms with Gasteiger partial charge in [0.05, 0.1) is 18.2 Å². The summed E-state index contributed by atoms with van der Waals surface area (Å²) in [5.74, 6) is 0.143. The van der Waals surface area contributed by atoms with Crippen LogP contribution in [0.1, 0.15) is 5.56 Å². The average Bonchev–Trinajstić information content (AvgIpc) is 2.75. The largest absolute Gasteiger partial charge is 0.491 e.